The summed E-state index contributed by atoms with van der Waals surface area (Å²) in [6, 6.07) is 6.10. The number of benzene rings is 1. The third-order valence-electron chi connectivity index (χ3n) is 2.29. The predicted molar refractivity (Wildman–Crippen MR) is 73.5 cm³/mol. The lowest BCUT2D eigenvalue weighted by atomic mass is 10.3. The molecule has 0 saturated carbocycles. The van der Waals surface area contributed by atoms with Crippen LogP contribution in [-0.2, 0) is 10.0 Å². The van der Waals surface area contributed by atoms with E-state index in [9.17, 15) is 13.5 Å². The van der Waals surface area contributed by atoms with Gasteiger partial charge in [-0.1, -0.05) is 6.07 Å². The number of sulfonamides is 1. The van der Waals surface area contributed by atoms with E-state index in [-0.39, 0.29) is 24.1 Å². The molecule has 1 atom stereocenters. The Hall–Kier alpha value is -1.15. The molecule has 6 nitrogen and oxygen atoms in total. The molecule has 0 aliphatic carbocycles. The van der Waals surface area contributed by atoms with E-state index in [4.69, 9.17) is 5.11 Å². The van der Waals surface area contributed by atoms with Crippen molar-refractivity contribution in [3.8, 4) is 0 Å². The predicted octanol–water partition coefficient (Wildman–Crippen LogP) is 0.138. The number of anilines is 1. The average molecular weight is 288 g/mol. The van der Waals surface area contributed by atoms with Crippen LogP contribution in [0.4, 0.5) is 5.69 Å². The van der Waals surface area contributed by atoms with Crippen molar-refractivity contribution < 1.29 is 18.6 Å². The minimum Gasteiger partial charge on any atom is -0.394 e. The van der Waals surface area contributed by atoms with Crippen LogP contribution in [0.15, 0.2) is 29.2 Å². The van der Waals surface area contributed by atoms with Crippen LogP contribution in [-0.4, -0.2) is 43.9 Å². The molecule has 7 heteroatoms. The van der Waals surface area contributed by atoms with Gasteiger partial charge in [-0.25, -0.2) is 13.1 Å². The fraction of sp³-hybridized carbons (Fsp3) is 0.500. The molecule has 1 aromatic carbocycles. The molecule has 1 rings (SSSR count). The van der Waals surface area contributed by atoms with E-state index in [1.54, 1.807) is 26.0 Å². The van der Waals surface area contributed by atoms with Gasteiger partial charge in [-0.05, 0) is 32.0 Å². The second-order valence-corrected chi connectivity index (χ2v) is 6.24. The molecule has 0 heterocycles. The molecule has 19 heavy (non-hydrogen) atoms. The van der Waals surface area contributed by atoms with Gasteiger partial charge in [-0.15, -0.1) is 0 Å². The molecule has 0 fully saturated rings. The lowest BCUT2D eigenvalue weighted by Gasteiger charge is -2.13. The Morgan fingerprint density at radius 2 is 2.00 bits per heavy atom. The van der Waals surface area contributed by atoms with E-state index in [0.29, 0.717) is 5.69 Å². The SMILES string of the molecule is CC(C)NS(=O)(=O)c1cccc(NCC(O)CO)c1. The summed E-state index contributed by atoms with van der Waals surface area (Å²) in [6.45, 7) is 3.30. The van der Waals surface area contributed by atoms with E-state index in [1.807, 2.05) is 0 Å². The van der Waals surface area contributed by atoms with Crippen LogP contribution in [0.1, 0.15) is 13.8 Å². The highest BCUT2D eigenvalue weighted by molar-refractivity contribution is 7.89. The van der Waals surface area contributed by atoms with Crippen LogP contribution in [0.25, 0.3) is 0 Å². The zero-order valence-corrected chi connectivity index (χ0v) is 11.8. The van der Waals surface area contributed by atoms with Crippen molar-refractivity contribution in [3.05, 3.63) is 24.3 Å². The largest absolute Gasteiger partial charge is 0.394 e. The van der Waals surface area contributed by atoms with E-state index in [0.717, 1.165) is 0 Å². The topological polar surface area (TPSA) is 98.7 Å². The van der Waals surface area contributed by atoms with Gasteiger partial charge in [0.2, 0.25) is 10.0 Å². The molecule has 1 aromatic rings. The summed E-state index contributed by atoms with van der Waals surface area (Å²) in [4.78, 5) is 0.157. The number of hydrogen-bond donors (Lipinski definition) is 4. The van der Waals surface area contributed by atoms with Gasteiger partial charge in [0.05, 0.1) is 17.6 Å². The number of aliphatic hydroxyl groups excluding tert-OH is 2. The molecule has 0 amide bonds. The number of rotatable bonds is 7. The molecule has 0 saturated heterocycles. The lowest BCUT2D eigenvalue weighted by molar-refractivity contribution is 0.105. The summed E-state index contributed by atoms with van der Waals surface area (Å²) in [5, 5.41) is 20.8. The third-order valence-corrected chi connectivity index (χ3v) is 3.94. The maximum Gasteiger partial charge on any atom is 0.240 e. The molecular formula is C12H20N2O4S. The highest BCUT2D eigenvalue weighted by atomic mass is 32.2. The summed E-state index contributed by atoms with van der Waals surface area (Å²) >= 11 is 0. The first-order valence-corrected chi connectivity index (χ1v) is 7.48. The van der Waals surface area contributed by atoms with Gasteiger partial charge < -0.3 is 15.5 Å². The van der Waals surface area contributed by atoms with Crippen LogP contribution in [0.2, 0.25) is 0 Å². The molecule has 1 unspecified atom stereocenters. The maximum absolute atomic E-state index is 12.0. The van der Waals surface area contributed by atoms with Crippen LogP contribution in [0, 0.1) is 0 Å². The molecule has 4 N–H and O–H groups in total. The zero-order chi connectivity index (χ0) is 14.5. The molecule has 0 spiro atoms. The van der Waals surface area contributed by atoms with Crippen molar-refractivity contribution >= 4 is 15.7 Å². The number of nitrogens with one attached hydrogen (secondary N) is 2. The van der Waals surface area contributed by atoms with Gasteiger partial charge in [-0.3, -0.25) is 0 Å². The van der Waals surface area contributed by atoms with Gasteiger partial charge >= 0.3 is 0 Å². The Bertz CT molecular complexity index is 502. The van der Waals surface area contributed by atoms with Crippen LogP contribution >= 0.6 is 0 Å². The number of aliphatic hydroxyl groups is 2. The van der Waals surface area contributed by atoms with Crippen molar-refractivity contribution in [2.24, 2.45) is 0 Å². The lowest BCUT2D eigenvalue weighted by Crippen LogP contribution is -2.30. The van der Waals surface area contributed by atoms with Crippen molar-refractivity contribution in [3.63, 3.8) is 0 Å². The van der Waals surface area contributed by atoms with E-state index >= 15 is 0 Å². The van der Waals surface area contributed by atoms with Gasteiger partial charge in [0, 0.05) is 18.3 Å². The fourth-order valence-electron chi connectivity index (χ4n) is 1.45. The first-order chi connectivity index (χ1) is 8.85. The van der Waals surface area contributed by atoms with Crippen molar-refractivity contribution in [2.45, 2.75) is 30.9 Å². The normalized spacial score (nSPS) is 13.5. The van der Waals surface area contributed by atoms with Gasteiger partial charge in [0.15, 0.2) is 0 Å². The Kier molecular flexibility index (Phi) is 5.74. The highest BCUT2D eigenvalue weighted by Gasteiger charge is 2.15. The minimum absolute atomic E-state index is 0.150. The molecular weight excluding hydrogens is 268 g/mol. The van der Waals surface area contributed by atoms with Crippen LogP contribution in [0.5, 0.6) is 0 Å². The zero-order valence-electron chi connectivity index (χ0n) is 11.0. The molecule has 0 aliphatic heterocycles. The smallest absolute Gasteiger partial charge is 0.240 e. The summed E-state index contributed by atoms with van der Waals surface area (Å²) in [5.41, 5.74) is 0.569. The Labute approximate surface area is 113 Å². The summed E-state index contributed by atoms with van der Waals surface area (Å²) < 4.78 is 26.4. The third kappa shape index (κ3) is 5.15. The molecule has 0 bridgehead atoms. The Morgan fingerprint density at radius 1 is 1.32 bits per heavy atom. The molecule has 0 aliphatic rings. The van der Waals surface area contributed by atoms with Crippen molar-refractivity contribution in [1.29, 1.82) is 0 Å². The van der Waals surface area contributed by atoms with E-state index in [1.165, 1.54) is 12.1 Å². The highest BCUT2D eigenvalue weighted by Crippen LogP contribution is 2.15. The number of hydrogen-bond acceptors (Lipinski definition) is 5. The molecule has 0 aromatic heterocycles. The standard InChI is InChI=1S/C12H20N2O4S/c1-9(2)14-19(17,18)12-5-3-4-10(6-12)13-7-11(16)8-15/h3-6,9,11,13-16H,7-8H2,1-2H3. The quantitative estimate of drug-likeness (QED) is 0.572. The maximum atomic E-state index is 12.0. The Morgan fingerprint density at radius 3 is 2.58 bits per heavy atom. The Balaban J connectivity index is 2.82. The van der Waals surface area contributed by atoms with Gasteiger partial charge in [0.25, 0.3) is 0 Å². The van der Waals surface area contributed by atoms with E-state index < -0.39 is 16.1 Å². The average Bonchev–Trinajstić information content (AvgIpc) is 2.34. The van der Waals surface area contributed by atoms with Crippen molar-refractivity contribution in [1.82, 2.24) is 4.72 Å². The first-order valence-electron chi connectivity index (χ1n) is 6.00. The van der Waals surface area contributed by atoms with Crippen LogP contribution in [0.3, 0.4) is 0 Å². The van der Waals surface area contributed by atoms with E-state index in [2.05, 4.69) is 10.0 Å². The van der Waals surface area contributed by atoms with Gasteiger partial charge in [-0.2, -0.15) is 0 Å². The molecule has 108 valence electrons. The van der Waals surface area contributed by atoms with Crippen molar-refractivity contribution in [2.75, 3.05) is 18.5 Å². The van der Waals surface area contributed by atoms with Gasteiger partial charge in [0.1, 0.15) is 0 Å². The first kappa shape index (κ1) is 15.9. The summed E-state index contributed by atoms with van der Waals surface area (Å²) in [5.74, 6) is 0. The minimum atomic E-state index is -3.53. The van der Waals surface area contributed by atoms with Crippen LogP contribution < -0.4 is 10.0 Å². The monoisotopic (exact) mass is 288 g/mol. The molecule has 0 radical (unpaired) electrons. The second-order valence-electron chi connectivity index (χ2n) is 4.52. The fourth-order valence-corrected chi connectivity index (χ4v) is 2.75. The summed E-state index contributed by atoms with van der Waals surface area (Å²) in [7, 11) is -3.53. The second kappa shape index (κ2) is 6.85. The summed E-state index contributed by atoms with van der Waals surface area (Å²) in [6.07, 6.45) is -0.881.